The SMILES string of the molecule is CCOCCNC(=NC)NCC1(c2cccc(C(F)(F)F)c2)CC1. The van der Waals surface area contributed by atoms with E-state index in [1.54, 1.807) is 13.1 Å². The maximum Gasteiger partial charge on any atom is 0.416 e. The first-order chi connectivity index (χ1) is 11.4. The van der Waals surface area contributed by atoms with E-state index in [1.807, 2.05) is 6.92 Å². The number of hydrogen-bond donors (Lipinski definition) is 2. The average molecular weight is 343 g/mol. The van der Waals surface area contributed by atoms with Gasteiger partial charge in [0.25, 0.3) is 0 Å². The Balaban J connectivity index is 1.94. The Bertz CT molecular complexity index is 568. The summed E-state index contributed by atoms with van der Waals surface area (Å²) in [6.45, 7) is 4.36. The van der Waals surface area contributed by atoms with Crippen molar-refractivity contribution in [3.8, 4) is 0 Å². The third-order valence-electron chi connectivity index (χ3n) is 4.22. The topological polar surface area (TPSA) is 45.6 Å². The molecule has 4 nitrogen and oxygen atoms in total. The molecule has 0 radical (unpaired) electrons. The van der Waals surface area contributed by atoms with Crippen LogP contribution in [0, 0.1) is 0 Å². The number of hydrogen-bond acceptors (Lipinski definition) is 2. The number of alkyl halides is 3. The zero-order valence-corrected chi connectivity index (χ0v) is 14.0. The van der Waals surface area contributed by atoms with Gasteiger partial charge in [-0.25, -0.2) is 0 Å². The van der Waals surface area contributed by atoms with Crippen molar-refractivity contribution in [2.45, 2.75) is 31.4 Å². The molecule has 134 valence electrons. The smallest absolute Gasteiger partial charge is 0.380 e. The molecule has 1 aliphatic carbocycles. The van der Waals surface area contributed by atoms with E-state index < -0.39 is 11.7 Å². The highest BCUT2D eigenvalue weighted by Crippen LogP contribution is 2.48. The van der Waals surface area contributed by atoms with Crippen molar-refractivity contribution in [2.24, 2.45) is 4.99 Å². The van der Waals surface area contributed by atoms with Gasteiger partial charge < -0.3 is 15.4 Å². The van der Waals surface area contributed by atoms with Crippen LogP contribution < -0.4 is 10.6 Å². The van der Waals surface area contributed by atoms with Gasteiger partial charge in [-0.05, 0) is 31.4 Å². The summed E-state index contributed by atoms with van der Waals surface area (Å²) in [5.41, 5.74) is -0.0983. The van der Waals surface area contributed by atoms with Gasteiger partial charge in [-0.3, -0.25) is 4.99 Å². The second-order valence-corrected chi connectivity index (χ2v) is 5.91. The van der Waals surface area contributed by atoms with Crippen LogP contribution in [0.5, 0.6) is 0 Å². The van der Waals surface area contributed by atoms with Gasteiger partial charge in [0.05, 0.1) is 12.2 Å². The van der Waals surface area contributed by atoms with Gasteiger partial charge in [-0.2, -0.15) is 13.2 Å². The zero-order valence-electron chi connectivity index (χ0n) is 14.0. The molecule has 0 atom stereocenters. The van der Waals surface area contributed by atoms with E-state index in [1.165, 1.54) is 12.1 Å². The quantitative estimate of drug-likeness (QED) is 0.455. The molecule has 0 amide bonds. The minimum Gasteiger partial charge on any atom is -0.380 e. The van der Waals surface area contributed by atoms with Crippen LogP contribution in [0.2, 0.25) is 0 Å². The molecule has 7 heteroatoms. The van der Waals surface area contributed by atoms with Gasteiger partial charge in [-0.1, -0.05) is 18.2 Å². The molecule has 1 saturated carbocycles. The molecule has 1 aromatic rings. The van der Waals surface area contributed by atoms with Gasteiger partial charge in [0.1, 0.15) is 0 Å². The molecule has 0 saturated heterocycles. The predicted molar refractivity (Wildman–Crippen MR) is 88.2 cm³/mol. The Morgan fingerprint density at radius 3 is 2.62 bits per heavy atom. The summed E-state index contributed by atoms with van der Waals surface area (Å²) < 4.78 is 43.9. The maximum absolute atomic E-state index is 12.9. The van der Waals surface area contributed by atoms with Crippen LogP contribution in [0.25, 0.3) is 0 Å². The third kappa shape index (κ3) is 4.87. The first kappa shape index (κ1) is 18.6. The summed E-state index contributed by atoms with van der Waals surface area (Å²) in [6.07, 6.45) is -2.56. The summed E-state index contributed by atoms with van der Waals surface area (Å²) in [4.78, 5) is 4.13. The number of nitrogens with one attached hydrogen (secondary N) is 2. The highest BCUT2D eigenvalue weighted by Gasteiger charge is 2.45. The highest BCUT2D eigenvalue weighted by atomic mass is 19.4. The van der Waals surface area contributed by atoms with Crippen molar-refractivity contribution < 1.29 is 17.9 Å². The van der Waals surface area contributed by atoms with E-state index in [2.05, 4.69) is 15.6 Å². The largest absolute Gasteiger partial charge is 0.416 e. The molecule has 0 unspecified atom stereocenters. The van der Waals surface area contributed by atoms with Crippen molar-refractivity contribution in [3.63, 3.8) is 0 Å². The second-order valence-electron chi connectivity index (χ2n) is 5.91. The lowest BCUT2D eigenvalue weighted by molar-refractivity contribution is -0.137. The monoisotopic (exact) mass is 343 g/mol. The Labute approximate surface area is 140 Å². The van der Waals surface area contributed by atoms with Crippen molar-refractivity contribution >= 4 is 5.96 Å². The van der Waals surface area contributed by atoms with E-state index >= 15 is 0 Å². The van der Waals surface area contributed by atoms with E-state index in [4.69, 9.17) is 4.74 Å². The standard InChI is InChI=1S/C17H24F3N3O/c1-3-24-10-9-22-15(21-2)23-12-16(7-8-16)13-5-4-6-14(11-13)17(18,19)20/h4-6,11H,3,7-10,12H2,1-2H3,(H2,21,22,23). The lowest BCUT2D eigenvalue weighted by Crippen LogP contribution is -2.42. The molecular weight excluding hydrogens is 319 g/mol. The summed E-state index contributed by atoms with van der Waals surface area (Å²) in [7, 11) is 1.67. The van der Waals surface area contributed by atoms with Crippen molar-refractivity contribution in [1.82, 2.24) is 10.6 Å². The first-order valence-electron chi connectivity index (χ1n) is 8.11. The van der Waals surface area contributed by atoms with E-state index in [0.29, 0.717) is 32.3 Å². The summed E-state index contributed by atoms with van der Waals surface area (Å²) in [6, 6.07) is 5.63. The number of benzene rings is 1. The normalized spacial score (nSPS) is 16.8. The molecule has 2 rings (SSSR count). The molecular formula is C17H24F3N3O. The van der Waals surface area contributed by atoms with Crippen LogP contribution in [-0.4, -0.2) is 39.3 Å². The average Bonchev–Trinajstić information content (AvgIpc) is 3.35. The number of rotatable bonds is 7. The molecule has 1 fully saturated rings. The zero-order chi connectivity index (χ0) is 17.6. The van der Waals surface area contributed by atoms with Crippen LogP contribution in [-0.2, 0) is 16.3 Å². The molecule has 1 aromatic carbocycles. The fourth-order valence-corrected chi connectivity index (χ4v) is 2.60. The van der Waals surface area contributed by atoms with Crippen LogP contribution in [0.4, 0.5) is 13.2 Å². The fourth-order valence-electron chi connectivity index (χ4n) is 2.60. The number of aliphatic imine (C=N–C) groups is 1. The van der Waals surface area contributed by atoms with Crippen molar-refractivity contribution in [3.05, 3.63) is 35.4 Å². The molecule has 2 N–H and O–H groups in total. The third-order valence-corrected chi connectivity index (χ3v) is 4.22. The van der Waals surface area contributed by atoms with Crippen LogP contribution >= 0.6 is 0 Å². The Hall–Kier alpha value is -1.76. The maximum atomic E-state index is 12.9. The van der Waals surface area contributed by atoms with E-state index in [0.717, 1.165) is 24.5 Å². The second kappa shape index (κ2) is 7.88. The van der Waals surface area contributed by atoms with E-state index in [9.17, 15) is 13.2 Å². The van der Waals surface area contributed by atoms with Crippen LogP contribution in [0.3, 0.4) is 0 Å². The summed E-state index contributed by atoms with van der Waals surface area (Å²) in [5.74, 6) is 0.632. The Morgan fingerprint density at radius 2 is 2.04 bits per heavy atom. The molecule has 0 heterocycles. The van der Waals surface area contributed by atoms with Crippen LogP contribution in [0.1, 0.15) is 30.9 Å². The lowest BCUT2D eigenvalue weighted by Gasteiger charge is -2.20. The van der Waals surface area contributed by atoms with Crippen molar-refractivity contribution in [1.29, 1.82) is 0 Å². The molecule has 0 aliphatic heterocycles. The molecule has 1 aliphatic rings. The van der Waals surface area contributed by atoms with Gasteiger partial charge in [0.2, 0.25) is 0 Å². The first-order valence-corrected chi connectivity index (χ1v) is 8.11. The number of nitrogens with zero attached hydrogens (tertiary/aromatic N) is 1. The summed E-state index contributed by atoms with van der Waals surface area (Å²) in [5, 5.41) is 6.33. The minimum absolute atomic E-state index is 0.237. The van der Waals surface area contributed by atoms with Gasteiger partial charge >= 0.3 is 6.18 Å². The van der Waals surface area contributed by atoms with Gasteiger partial charge in [0.15, 0.2) is 5.96 Å². The van der Waals surface area contributed by atoms with Crippen LogP contribution in [0.15, 0.2) is 29.3 Å². The number of halogens is 3. The molecule has 0 bridgehead atoms. The Kier molecular flexibility index (Phi) is 6.10. The number of guanidine groups is 1. The fraction of sp³-hybridized carbons (Fsp3) is 0.588. The molecule has 24 heavy (non-hydrogen) atoms. The van der Waals surface area contributed by atoms with Gasteiger partial charge in [-0.15, -0.1) is 0 Å². The lowest BCUT2D eigenvalue weighted by atomic mass is 9.94. The summed E-state index contributed by atoms with van der Waals surface area (Å²) >= 11 is 0. The number of ether oxygens (including phenoxy) is 1. The van der Waals surface area contributed by atoms with Gasteiger partial charge in [0, 0.05) is 32.2 Å². The minimum atomic E-state index is -4.31. The Morgan fingerprint density at radius 1 is 1.29 bits per heavy atom. The highest BCUT2D eigenvalue weighted by molar-refractivity contribution is 5.79. The van der Waals surface area contributed by atoms with Crippen molar-refractivity contribution in [2.75, 3.05) is 33.4 Å². The molecule has 0 spiro atoms. The predicted octanol–water partition coefficient (Wildman–Crippen LogP) is 2.94. The van der Waals surface area contributed by atoms with E-state index in [-0.39, 0.29) is 5.41 Å². The molecule has 0 aromatic heterocycles.